The molecule has 2 aromatic rings. The molecule has 0 aromatic heterocycles. The van der Waals surface area contributed by atoms with Gasteiger partial charge in [0.1, 0.15) is 18.5 Å². The third kappa shape index (κ3) is 7.80. The summed E-state index contributed by atoms with van der Waals surface area (Å²) < 4.78 is 27.9. The highest BCUT2D eigenvalue weighted by molar-refractivity contribution is 8.00. The molecule has 9 heteroatoms. The van der Waals surface area contributed by atoms with Gasteiger partial charge in [0, 0.05) is 17.9 Å². The molecule has 0 radical (unpaired) electrons. The van der Waals surface area contributed by atoms with E-state index in [-0.39, 0.29) is 17.8 Å². The van der Waals surface area contributed by atoms with Gasteiger partial charge in [0.05, 0.1) is 40.2 Å². The molecule has 1 saturated heterocycles. The number of benzene rings is 2. The molecule has 1 unspecified atom stereocenters. The van der Waals surface area contributed by atoms with Crippen molar-refractivity contribution in [1.82, 2.24) is 4.90 Å². The molecule has 0 aliphatic carbocycles. The van der Waals surface area contributed by atoms with Gasteiger partial charge in [-0.2, -0.15) is 0 Å². The quantitative estimate of drug-likeness (QED) is 0.406. The van der Waals surface area contributed by atoms with Crippen LogP contribution in [0.5, 0.6) is 23.0 Å². The molecule has 0 saturated carbocycles. The number of carbonyl (C=O) groups is 2. The van der Waals surface area contributed by atoms with Crippen LogP contribution >= 0.6 is 11.8 Å². The molecule has 1 aliphatic rings. The first-order chi connectivity index (χ1) is 16.9. The molecule has 8 nitrogen and oxygen atoms in total. The highest BCUT2D eigenvalue weighted by atomic mass is 32.2. The maximum Gasteiger partial charge on any atom is 0.233 e. The van der Waals surface area contributed by atoms with Crippen LogP contribution in [-0.4, -0.2) is 76.1 Å². The highest BCUT2D eigenvalue weighted by Crippen LogP contribution is 2.32. The van der Waals surface area contributed by atoms with Gasteiger partial charge in [-0.15, -0.1) is 11.8 Å². The van der Waals surface area contributed by atoms with Gasteiger partial charge in [-0.3, -0.25) is 4.79 Å². The minimum Gasteiger partial charge on any atom is -0.493 e. The van der Waals surface area contributed by atoms with Crippen LogP contribution < -0.4 is 18.9 Å². The molecule has 1 atom stereocenters. The number of amides is 1. The summed E-state index contributed by atoms with van der Waals surface area (Å²) in [6.45, 7) is 3.36. The summed E-state index contributed by atoms with van der Waals surface area (Å²) >= 11 is 1.46. The zero-order valence-corrected chi connectivity index (χ0v) is 21.5. The van der Waals surface area contributed by atoms with Crippen molar-refractivity contribution in [3.05, 3.63) is 42.0 Å². The number of morpholine rings is 1. The Kier molecular flexibility index (Phi) is 10.1. The zero-order chi connectivity index (χ0) is 25.2. The smallest absolute Gasteiger partial charge is 0.233 e. The fourth-order valence-corrected chi connectivity index (χ4v) is 4.51. The van der Waals surface area contributed by atoms with Gasteiger partial charge < -0.3 is 33.4 Å². The second-order valence-corrected chi connectivity index (χ2v) is 9.19. The monoisotopic (exact) mass is 503 g/mol. The van der Waals surface area contributed by atoms with Crippen LogP contribution in [-0.2, 0) is 20.7 Å². The molecule has 35 heavy (non-hydrogen) atoms. The van der Waals surface area contributed by atoms with Crippen molar-refractivity contribution in [2.45, 2.75) is 30.8 Å². The van der Waals surface area contributed by atoms with Crippen molar-refractivity contribution >= 4 is 23.5 Å². The van der Waals surface area contributed by atoms with E-state index in [2.05, 4.69) is 0 Å². The molecule has 0 bridgehead atoms. The Bertz CT molecular complexity index is 1010. The van der Waals surface area contributed by atoms with Gasteiger partial charge in [-0.05, 0) is 49.2 Å². The van der Waals surface area contributed by atoms with Crippen LogP contribution in [0.4, 0.5) is 0 Å². The number of nitrogens with zero attached hydrogens (tertiary/aromatic N) is 1. The number of carbonyl (C=O) groups excluding carboxylic acids is 2. The van der Waals surface area contributed by atoms with Crippen molar-refractivity contribution in [3.8, 4) is 23.0 Å². The lowest BCUT2D eigenvalue weighted by molar-refractivity contribution is -0.137. The molecule has 0 N–H and O–H groups in total. The topological polar surface area (TPSA) is 83.5 Å². The fourth-order valence-electron chi connectivity index (χ4n) is 3.68. The van der Waals surface area contributed by atoms with Crippen LogP contribution in [0.3, 0.4) is 0 Å². The van der Waals surface area contributed by atoms with E-state index in [9.17, 15) is 9.59 Å². The minimum absolute atomic E-state index is 0.0467. The van der Waals surface area contributed by atoms with E-state index in [0.717, 1.165) is 10.5 Å². The Hall–Kier alpha value is -2.91. The third-order valence-corrected chi connectivity index (χ3v) is 6.61. The maximum absolute atomic E-state index is 12.8. The number of hydrogen-bond acceptors (Lipinski definition) is 8. The number of ketones is 1. The largest absolute Gasteiger partial charge is 0.493 e. The summed E-state index contributed by atoms with van der Waals surface area (Å²) in [5.41, 5.74) is 1.02. The van der Waals surface area contributed by atoms with Crippen molar-refractivity contribution in [2.75, 3.05) is 53.4 Å². The maximum atomic E-state index is 12.8. The Balaban J connectivity index is 1.51. The van der Waals surface area contributed by atoms with Crippen LogP contribution in [0, 0.1) is 0 Å². The molecular weight excluding hydrogens is 470 g/mol. The fraction of sp³-hybridized carbons (Fsp3) is 0.462. The normalized spacial score (nSPS) is 15.4. The van der Waals surface area contributed by atoms with Crippen LogP contribution in [0.25, 0.3) is 0 Å². The van der Waals surface area contributed by atoms with Crippen molar-refractivity contribution < 1.29 is 33.3 Å². The first-order valence-electron chi connectivity index (χ1n) is 11.5. The van der Waals surface area contributed by atoms with Crippen molar-refractivity contribution in [3.63, 3.8) is 0 Å². The lowest BCUT2D eigenvalue weighted by Gasteiger charge is -2.33. The number of ether oxygens (including phenoxy) is 5. The number of methoxy groups -OCH3 is 3. The summed E-state index contributed by atoms with van der Waals surface area (Å²) in [4.78, 5) is 26.8. The molecule has 2 aromatic carbocycles. The van der Waals surface area contributed by atoms with Gasteiger partial charge in [-0.25, -0.2) is 0 Å². The number of aryl methyl sites for hydroxylation is 1. The molecule has 3 rings (SSSR count). The molecule has 1 fully saturated rings. The predicted octanol–water partition coefficient (Wildman–Crippen LogP) is 3.63. The average Bonchev–Trinajstić information content (AvgIpc) is 2.89. The first kappa shape index (κ1) is 26.7. The molecule has 0 spiro atoms. The predicted molar refractivity (Wildman–Crippen MR) is 134 cm³/mol. The summed E-state index contributed by atoms with van der Waals surface area (Å²) in [6, 6.07) is 11.3. The van der Waals surface area contributed by atoms with E-state index in [4.69, 9.17) is 23.7 Å². The number of Topliss-reactive ketones (excluding diaryl/α,β-unsaturated/α-hetero) is 1. The Morgan fingerprint density at radius 2 is 1.71 bits per heavy atom. The summed E-state index contributed by atoms with van der Waals surface area (Å²) in [7, 11) is 4.77. The van der Waals surface area contributed by atoms with E-state index < -0.39 is 0 Å². The van der Waals surface area contributed by atoms with Crippen LogP contribution in [0.2, 0.25) is 0 Å². The second-order valence-electron chi connectivity index (χ2n) is 8.14. The summed E-state index contributed by atoms with van der Waals surface area (Å²) in [5.74, 6) is 3.03. The van der Waals surface area contributed by atoms with Gasteiger partial charge in [-0.1, -0.05) is 6.07 Å². The summed E-state index contributed by atoms with van der Waals surface area (Å²) in [5, 5.41) is 0. The van der Waals surface area contributed by atoms with Crippen molar-refractivity contribution in [2.24, 2.45) is 0 Å². The Labute approximate surface area is 210 Å². The SMILES string of the molecule is COc1ccc(SCC(=O)N2CCOC(COc3ccc(CCC(C)=O)cc3OC)C2)cc1OC. The molecule has 1 heterocycles. The van der Waals surface area contributed by atoms with Gasteiger partial charge in [0.2, 0.25) is 5.91 Å². The average molecular weight is 504 g/mol. The Morgan fingerprint density at radius 3 is 2.43 bits per heavy atom. The lowest BCUT2D eigenvalue weighted by Crippen LogP contribution is -2.48. The number of thioether (sulfide) groups is 1. The molecule has 1 amide bonds. The second kappa shape index (κ2) is 13.3. The number of rotatable bonds is 12. The van der Waals surface area contributed by atoms with E-state index in [0.29, 0.717) is 67.9 Å². The van der Waals surface area contributed by atoms with Gasteiger partial charge >= 0.3 is 0 Å². The molecular formula is C26H33NO7S. The van der Waals surface area contributed by atoms with E-state index in [1.54, 1.807) is 28.3 Å². The standard InChI is InChI=1S/C26H33NO7S/c1-18(28)5-6-19-7-9-23(24(13-19)31-3)34-16-20-15-27(11-12-33-20)26(29)17-35-21-8-10-22(30-2)25(14-21)32-4/h7-10,13-14,20H,5-6,11-12,15-17H2,1-4H3. The van der Waals surface area contributed by atoms with E-state index in [1.807, 2.05) is 41.3 Å². The number of hydrogen-bond donors (Lipinski definition) is 0. The zero-order valence-electron chi connectivity index (χ0n) is 20.7. The van der Waals surface area contributed by atoms with E-state index in [1.165, 1.54) is 11.8 Å². The third-order valence-electron chi connectivity index (χ3n) is 5.63. The van der Waals surface area contributed by atoms with Crippen LogP contribution in [0.15, 0.2) is 41.3 Å². The molecule has 190 valence electrons. The molecule has 1 aliphatic heterocycles. The Morgan fingerprint density at radius 1 is 1.00 bits per heavy atom. The first-order valence-corrected chi connectivity index (χ1v) is 12.5. The highest BCUT2D eigenvalue weighted by Gasteiger charge is 2.25. The van der Waals surface area contributed by atoms with E-state index >= 15 is 0 Å². The van der Waals surface area contributed by atoms with Gasteiger partial charge in [0.15, 0.2) is 23.0 Å². The summed E-state index contributed by atoms with van der Waals surface area (Å²) in [6.07, 6.45) is 0.921. The minimum atomic E-state index is -0.235. The lowest BCUT2D eigenvalue weighted by atomic mass is 10.1. The van der Waals surface area contributed by atoms with Crippen LogP contribution in [0.1, 0.15) is 18.9 Å². The van der Waals surface area contributed by atoms with Gasteiger partial charge in [0.25, 0.3) is 0 Å². The van der Waals surface area contributed by atoms with Crippen molar-refractivity contribution in [1.29, 1.82) is 0 Å².